The van der Waals surface area contributed by atoms with Crippen LogP contribution in [-0.2, 0) is 0 Å². The predicted octanol–water partition coefficient (Wildman–Crippen LogP) is 4.59. The molecule has 0 atom stereocenters. The fraction of sp³-hybridized carbons (Fsp3) is 0.150. The summed E-state index contributed by atoms with van der Waals surface area (Å²) in [6, 6.07) is 17.0. The standard InChI is InChI=1S/C20H19NO2/c1-14(21(2)3)13-18-19(16-11-7-8-12-17(16)23-18)20(22)15-9-5-4-6-10-15/h4-13H,1-3H3/b14-13+. The van der Waals surface area contributed by atoms with Crippen LogP contribution in [0.15, 0.2) is 64.7 Å². The van der Waals surface area contributed by atoms with Crippen molar-refractivity contribution in [1.29, 1.82) is 0 Å². The minimum atomic E-state index is -0.0200. The molecule has 0 saturated heterocycles. The lowest BCUT2D eigenvalue weighted by molar-refractivity contribution is 0.103. The molecule has 3 nitrogen and oxygen atoms in total. The highest BCUT2D eigenvalue weighted by Crippen LogP contribution is 2.29. The Morgan fingerprint density at radius 1 is 1.00 bits per heavy atom. The number of ketones is 1. The topological polar surface area (TPSA) is 33.5 Å². The quantitative estimate of drug-likeness (QED) is 0.661. The highest BCUT2D eigenvalue weighted by Gasteiger charge is 2.20. The van der Waals surface area contributed by atoms with E-state index in [2.05, 4.69) is 0 Å². The Morgan fingerprint density at radius 3 is 2.35 bits per heavy atom. The lowest BCUT2D eigenvalue weighted by Crippen LogP contribution is -2.08. The highest BCUT2D eigenvalue weighted by atomic mass is 16.3. The molecule has 0 fully saturated rings. The van der Waals surface area contributed by atoms with E-state index >= 15 is 0 Å². The number of carbonyl (C=O) groups is 1. The van der Waals surface area contributed by atoms with Crippen molar-refractivity contribution in [2.24, 2.45) is 0 Å². The van der Waals surface area contributed by atoms with Crippen LogP contribution in [0.2, 0.25) is 0 Å². The molecule has 0 aliphatic heterocycles. The Morgan fingerprint density at radius 2 is 1.65 bits per heavy atom. The number of nitrogens with zero attached hydrogens (tertiary/aromatic N) is 1. The van der Waals surface area contributed by atoms with Crippen molar-refractivity contribution < 1.29 is 9.21 Å². The highest BCUT2D eigenvalue weighted by molar-refractivity contribution is 6.17. The SMILES string of the molecule is C/C(=C\c1oc2ccccc2c1C(=O)c1ccccc1)N(C)C. The maximum atomic E-state index is 13.0. The second-order valence-corrected chi connectivity index (χ2v) is 5.71. The lowest BCUT2D eigenvalue weighted by Gasteiger charge is -2.12. The molecule has 0 spiro atoms. The summed E-state index contributed by atoms with van der Waals surface area (Å²) in [7, 11) is 3.93. The van der Waals surface area contributed by atoms with Crippen molar-refractivity contribution in [3.05, 3.63) is 77.2 Å². The fourth-order valence-electron chi connectivity index (χ4n) is 2.45. The summed E-state index contributed by atoms with van der Waals surface area (Å²) in [6.45, 7) is 1.99. The molecule has 0 saturated carbocycles. The monoisotopic (exact) mass is 305 g/mol. The molecular formula is C20H19NO2. The molecule has 3 rings (SSSR count). The average molecular weight is 305 g/mol. The molecule has 0 radical (unpaired) electrons. The number of furan rings is 1. The van der Waals surface area contributed by atoms with E-state index in [-0.39, 0.29) is 5.78 Å². The normalized spacial score (nSPS) is 11.7. The minimum Gasteiger partial charge on any atom is -0.456 e. The third-order valence-corrected chi connectivity index (χ3v) is 3.93. The molecule has 1 aromatic heterocycles. The molecule has 2 aromatic carbocycles. The van der Waals surface area contributed by atoms with E-state index in [0.717, 1.165) is 16.7 Å². The van der Waals surface area contributed by atoms with Gasteiger partial charge in [-0.25, -0.2) is 0 Å². The van der Waals surface area contributed by atoms with Gasteiger partial charge in [0.1, 0.15) is 11.3 Å². The van der Waals surface area contributed by atoms with E-state index in [1.807, 2.05) is 86.6 Å². The van der Waals surface area contributed by atoms with Crippen LogP contribution in [0.1, 0.15) is 28.6 Å². The van der Waals surface area contributed by atoms with Gasteiger partial charge in [-0.1, -0.05) is 48.5 Å². The average Bonchev–Trinajstić information content (AvgIpc) is 2.92. The maximum absolute atomic E-state index is 13.0. The second kappa shape index (κ2) is 6.13. The lowest BCUT2D eigenvalue weighted by atomic mass is 10.00. The first kappa shape index (κ1) is 15.1. The molecule has 1 heterocycles. The second-order valence-electron chi connectivity index (χ2n) is 5.71. The number of rotatable bonds is 4. The Kier molecular flexibility index (Phi) is 4.02. The predicted molar refractivity (Wildman–Crippen MR) is 93.4 cm³/mol. The maximum Gasteiger partial charge on any atom is 0.197 e. The van der Waals surface area contributed by atoms with Gasteiger partial charge in [-0.15, -0.1) is 0 Å². The largest absolute Gasteiger partial charge is 0.456 e. The van der Waals surface area contributed by atoms with Gasteiger partial charge < -0.3 is 9.32 Å². The van der Waals surface area contributed by atoms with E-state index in [4.69, 9.17) is 4.42 Å². The summed E-state index contributed by atoms with van der Waals surface area (Å²) >= 11 is 0. The van der Waals surface area contributed by atoms with Crippen LogP contribution in [-0.4, -0.2) is 24.8 Å². The van der Waals surface area contributed by atoms with Crippen LogP contribution < -0.4 is 0 Å². The van der Waals surface area contributed by atoms with E-state index in [0.29, 0.717) is 16.9 Å². The molecule has 23 heavy (non-hydrogen) atoms. The number of para-hydroxylation sites is 1. The van der Waals surface area contributed by atoms with Crippen LogP contribution in [0, 0.1) is 0 Å². The molecule has 0 aliphatic rings. The Hall–Kier alpha value is -2.81. The molecule has 0 N–H and O–H groups in total. The van der Waals surface area contributed by atoms with Gasteiger partial charge in [0.25, 0.3) is 0 Å². The first-order chi connectivity index (χ1) is 11.1. The zero-order valence-corrected chi connectivity index (χ0v) is 13.5. The summed E-state index contributed by atoms with van der Waals surface area (Å²) in [5.41, 5.74) is 3.03. The van der Waals surface area contributed by atoms with Crippen molar-refractivity contribution in [2.45, 2.75) is 6.92 Å². The van der Waals surface area contributed by atoms with E-state index in [1.165, 1.54) is 0 Å². The van der Waals surface area contributed by atoms with Crippen molar-refractivity contribution in [3.8, 4) is 0 Å². The van der Waals surface area contributed by atoms with Gasteiger partial charge in [0, 0.05) is 36.8 Å². The van der Waals surface area contributed by atoms with Crippen LogP contribution in [0.5, 0.6) is 0 Å². The molecule has 0 amide bonds. The van der Waals surface area contributed by atoms with Crippen molar-refractivity contribution in [2.75, 3.05) is 14.1 Å². The van der Waals surface area contributed by atoms with Crippen molar-refractivity contribution in [1.82, 2.24) is 4.90 Å². The molecule has 0 unspecified atom stereocenters. The molecule has 0 aliphatic carbocycles. The van der Waals surface area contributed by atoms with Crippen LogP contribution in [0.4, 0.5) is 0 Å². The zero-order valence-electron chi connectivity index (χ0n) is 13.5. The van der Waals surface area contributed by atoms with Crippen molar-refractivity contribution >= 4 is 22.8 Å². The van der Waals surface area contributed by atoms with Gasteiger partial charge in [0.15, 0.2) is 5.78 Å². The Bertz CT molecular complexity index is 873. The van der Waals surface area contributed by atoms with Crippen LogP contribution in [0.3, 0.4) is 0 Å². The number of fused-ring (bicyclic) bond motifs is 1. The molecule has 116 valence electrons. The number of allylic oxidation sites excluding steroid dienone is 1. The van der Waals surface area contributed by atoms with Gasteiger partial charge in [0.05, 0.1) is 5.56 Å². The zero-order chi connectivity index (χ0) is 16.4. The third kappa shape index (κ3) is 2.90. The van der Waals surface area contributed by atoms with Gasteiger partial charge in [-0.2, -0.15) is 0 Å². The fourth-order valence-corrected chi connectivity index (χ4v) is 2.45. The number of hydrogen-bond acceptors (Lipinski definition) is 3. The molecule has 0 bridgehead atoms. The number of hydrogen-bond donors (Lipinski definition) is 0. The van der Waals surface area contributed by atoms with Gasteiger partial charge in [-0.3, -0.25) is 4.79 Å². The summed E-state index contributed by atoms with van der Waals surface area (Å²) in [5.74, 6) is 0.583. The molecular weight excluding hydrogens is 286 g/mol. The van der Waals surface area contributed by atoms with E-state index in [9.17, 15) is 4.79 Å². The number of carbonyl (C=O) groups excluding carboxylic acids is 1. The van der Waals surface area contributed by atoms with E-state index < -0.39 is 0 Å². The summed E-state index contributed by atoms with van der Waals surface area (Å²) in [6.07, 6.45) is 1.91. The van der Waals surface area contributed by atoms with Gasteiger partial charge in [0.2, 0.25) is 0 Å². The smallest absolute Gasteiger partial charge is 0.197 e. The Balaban J connectivity index is 2.21. The van der Waals surface area contributed by atoms with Gasteiger partial charge in [-0.05, 0) is 13.0 Å². The van der Waals surface area contributed by atoms with E-state index in [1.54, 1.807) is 0 Å². The van der Waals surface area contributed by atoms with Crippen LogP contribution in [0.25, 0.3) is 17.0 Å². The summed E-state index contributed by atoms with van der Waals surface area (Å²) in [5, 5.41) is 0.846. The minimum absolute atomic E-state index is 0.0200. The van der Waals surface area contributed by atoms with Crippen LogP contribution >= 0.6 is 0 Å². The van der Waals surface area contributed by atoms with Crippen molar-refractivity contribution in [3.63, 3.8) is 0 Å². The Labute approximate surface area is 135 Å². The summed E-state index contributed by atoms with van der Waals surface area (Å²) < 4.78 is 5.94. The molecule has 3 aromatic rings. The molecule has 3 heteroatoms. The van der Waals surface area contributed by atoms with Gasteiger partial charge >= 0.3 is 0 Å². The first-order valence-electron chi connectivity index (χ1n) is 7.55. The third-order valence-electron chi connectivity index (χ3n) is 3.93. The first-order valence-corrected chi connectivity index (χ1v) is 7.55. The summed E-state index contributed by atoms with van der Waals surface area (Å²) in [4.78, 5) is 15.0. The number of benzene rings is 2.